The maximum absolute atomic E-state index is 12.4. The molecular formula is C18H19N3O5. The molecule has 1 aliphatic heterocycles. The van der Waals surface area contributed by atoms with Gasteiger partial charge < -0.3 is 19.9 Å². The van der Waals surface area contributed by atoms with Crippen LogP contribution >= 0.6 is 0 Å². The Morgan fingerprint density at radius 2 is 2.15 bits per heavy atom. The molecule has 0 fully saturated rings. The van der Waals surface area contributed by atoms with Gasteiger partial charge in [-0.15, -0.1) is 0 Å². The fourth-order valence-corrected chi connectivity index (χ4v) is 2.66. The molecule has 0 bridgehead atoms. The summed E-state index contributed by atoms with van der Waals surface area (Å²) in [6.45, 7) is 3.45. The zero-order chi connectivity index (χ0) is 18.7. The van der Waals surface area contributed by atoms with E-state index in [0.29, 0.717) is 36.3 Å². The summed E-state index contributed by atoms with van der Waals surface area (Å²) in [5.74, 6) is -0.279. The van der Waals surface area contributed by atoms with E-state index in [0.717, 1.165) is 5.56 Å². The monoisotopic (exact) mass is 357 g/mol. The van der Waals surface area contributed by atoms with Gasteiger partial charge in [-0.2, -0.15) is 0 Å². The number of fused-ring (bicyclic) bond motifs is 1. The van der Waals surface area contributed by atoms with E-state index in [1.165, 1.54) is 0 Å². The lowest BCUT2D eigenvalue weighted by atomic mass is 10.0. The Labute approximate surface area is 149 Å². The Kier molecular flexibility index (Phi) is 5.01. The lowest BCUT2D eigenvalue weighted by Crippen LogP contribution is -2.32. The van der Waals surface area contributed by atoms with Crippen LogP contribution in [-0.2, 0) is 20.7 Å². The fourth-order valence-electron chi connectivity index (χ4n) is 2.66. The van der Waals surface area contributed by atoms with Gasteiger partial charge in [-0.25, -0.2) is 4.79 Å². The Balaban J connectivity index is 1.67. The number of ether oxygens (including phenoxy) is 1. The second-order valence-electron chi connectivity index (χ2n) is 6.03. The highest BCUT2D eigenvalue weighted by Gasteiger charge is 2.24. The standard InChI is InChI=1S/C18H19N3O5/c1-3-14(17(23)20-15-8-10(2)26-21-15)25-18(24)12-4-6-13-11(9-12)5-7-16(22)19-13/h4,6,8-9,14H,3,5,7H2,1-2H3,(H,19,22)(H,20,21,23). The van der Waals surface area contributed by atoms with E-state index < -0.39 is 18.0 Å². The van der Waals surface area contributed by atoms with Crippen LogP contribution in [0, 0.1) is 6.92 Å². The van der Waals surface area contributed by atoms with Crippen LogP contribution in [0.1, 0.15) is 41.4 Å². The first kappa shape index (κ1) is 17.7. The number of carbonyl (C=O) groups is 3. The lowest BCUT2D eigenvalue weighted by Gasteiger charge is -2.18. The van der Waals surface area contributed by atoms with Gasteiger partial charge in [0.15, 0.2) is 11.9 Å². The Morgan fingerprint density at radius 3 is 2.85 bits per heavy atom. The van der Waals surface area contributed by atoms with Crippen LogP contribution in [0.4, 0.5) is 11.5 Å². The molecule has 8 heteroatoms. The van der Waals surface area contributed by atoms with Crippen molar-refractivity contribution in [3.63, 3.8) is 0 Å². The molecule has 0 saturated carbocycles. The van der Waals surface area contributed by atoms with Gasteiger partial charge in [0, 0.05) is 18.2 Å². The number of aromatic nitrogens is 1. The average molecular weight is 357 g/mol. The molecule has 0 saturated heterocycles. The molecule has 3 rings (SSSR count). The molecule has 0 radical (unpaired) electrons. The third-order valence-electron chi connectivity index (χ3n) is 4.03. The van der Waals surface area contributed by atoms with Crippen molar-refractivity contribution in [2.75, 3.05) is 10.6 Å². The van der Waals surface area contributed by atoms with Crippen molar-refractivity contribution < 1.29 is 23.6 Å². The topological polar surface area (TPSA) is 111 Å². The summed E-state index contributed by atoms with van der Waals surface area (Å²) in [6.07, 6.45) is 0.305. The number of amides is 2. The number of anilines is 2. The largest absolute Gasteiger partial charge is 0.449 e. The molecule has 1 unspecified atom stereocenters. The van der Waals surface area contributed by atoms with Crippen molar-refractivity contribution in [1.82, 2.24) is 5.16 Å². The molecule has 26 heavy (non-hydrogen) atoms. The summed E-state index contributed by atoms with van der Waals surface area (Å²) in [4.78, 5) is 36.1. The van der Waals surface area contributed by atoms with Gasteiger partial charge in [-0.1, -0.05) is 12.1 Å². The van der Waals surface area contributed by atoms with Crippen molar-refractivity contribution in [2.45, 2.75) is 39.2 Å². The summed E-state index contributed by atoms with van der Waals surface area (Å²) in [6, 6.07) is 6.49. The van der Waals surface area contributed by atoms with Gasteiger partial charge in [0.2, 0.25) is 5.91 Å². The van der Waals surface area contributed by atoms with Crippen molar-refractivity contribution >= 4 is 29.3 Å². The molecule has 8 nitrogen and oxygen atoms in total. The summed E-state index contributed by atoms with van der Waals surface area (Å²) in [7, 11) is 0. The predicted molar refractivity (Wildman–Crippen MR) is 92.8 cm³/mol. The number of carbonyl (C=O) groups excluding carboxylic acids is 3. The normalized spacial score (nSPS) is 14.2. The minimum Gasteiger partial charge on any atom is -0.449 e. The zero-order valence-corrected chi connectivity index (χ0v) is 14.5. The highest BCUT2D eigenvalue weighted by Crippen LogP contribution is 2.24. The number of esters is 1. The fraction of sp³-hybridized carbons (Fsp3) is 0.333. The highest BCUT2D eigenvalue weighted by atomic mass is 16.5. The van der Waals surface area contributed by atoms with Gasteiger partial charge in [0.05, 0.1) is 5.56 Å². The molecule has 2 aromatic rings. The van der Waals surface area contributed by atoms with E-state index in [2.05, 4.69) is 15.8 Å². The third-order valence-corrected chi connectivity index (χ3v) is 4.03. The van der Waals surface area contributed by atoms with Gasteiger partial charge in [0.25, 0.3) is 5.91 Å². The molecule has 0 aliphatic carbocycles. The molecule has 1 atom stereocenters. The van der Waals surface area contributed by atoms with E-state index in [9.17, 15) is 14.4 Å². The minimum absolute atomic E-state index is 0.0429. The highest BCUT2D eigenvalue weighted by molar-refractivity contribution is 5.98. The zero-order valence-electron chi connectivity index (χ0n) is 14.5. The van der Waals surface area contributed by atoms with Gasteiger partial charge in [0.1, 0.15) is 5.76 Å². The molecular weight excluding hydrogens is 338 g/mol. The predicted octanol–water partition coefficient (Wildman–Crippen LogP) is 2.44. The van der Waals surface area contributed by atoms with Crippen LogP contribution in [0.15, 0.2) is 28.8 Å². The van der Waals surface area contributed by atoms with E-state index in [1.54, 1.807) is 38.1 Å². The number of nitrogens with one attached hydrogen (secondary N) is 2. The van der Waals surface area contributed by atoms with Crippen molar-refractivity contribution in [3.05, 3.63) is 41.2 Å². The van der Waals surface area contributed by atoms with Gasteiger partial charge in [-0.3, -0.25) is 9.59 Å². The molecule has 1 aromatic heterocycles. The summed E-state index contributed by atoms with van der Waals surface area (Å²) < 4.78 is 10.2. The number of rotatable bonds is 5. The SMILES string of the molecule is CCC(OC(=O)c1ccc2c(c1)CCC(=O)N2)C(=O)Nc1cc(C)on1. The van der Waals surface area contributed by atoms with Gasteiger partial charge >= 0.3 is 5.97 Å². The minimum atomic E-state index is -0.949. The Morgan fingerprint density at radius 1 is 1.35 bits per heavy atom. The van der Waals surface area contributed by atoms with Crippen LogP contribution in [0.5, 0.6) is 0 Å². The quantitative estimate of drug-likeness (QED) is 0.795. The molecule has 1 aliphatic rings. The molecule has 2 heterocycles. The first-order valence-electron chi connectivity index (χ1n) is 8.34. The van der Waals surface area contributed by atoms with Gasteiger partial charge in [-0.05, 0) is 43.5 Å². The van der Waals surface area contributed by atoms with E-state index >= 15 is 0 Å². The third kappa shape index (κ3) is 3.90. The number of hydrogen-bond acceptors (Lipinski definition) is 6. The van der Waals surface area contributed by atoms with Crippen molar-refractivity contribution in [3.8, 4) is 0 Å². The second kappa shape index (κ2) is 7.38. The smallest absolute Gasteiger partial charge is 0.338 e. The molecule has 2 N–H and O–H groups in total. The molecule has 2 amide bonds. The molecule has 136 valence electrons. The van der Waals surface area contributed by atoms with E-state index in [-0.39, 0.29) is 11.7 Å². The van der Waals surface area contributed by atoms with E-state index in [1.807, 2.05) is 0 Å². The number of nitrogens with zero attached hydrogens (tertiary/aromatic N) is 1. The van der Waals surface area contributed by atoms with Crippen LogP contribution in [-0.4, -0.2) is 29.0 Å². The Hall–Kier alpha value is -3.16. The second-order valence-corrected chi connectivity index (χ2v) is 6.03. The summed E-state index contributed by atoms with van der Waals surface area (Å²) in [5.41, 5.74) is 1.90. The number of benzene rings is 1. The summed E-state index contributed by atoms with van der Waals surface area (Å²) >= 11 is 0. The van der Waals surface area contributed by atoms with Crippen LogP contribution in [0.2, 0.25) is 0 Å². The van der Waals surface area contributed by atoms with Crippen LogP contribution < -0.4 is 10.6 Å². The number of aryl methyl sites for hydroxylation is 2. The first-order valence-corrected chi connectivity index (χ1v) is 8.34. The molecule has 0 spiro atoms. The molecule has 1 aromatic carbocycles. The maximum atomic E-state index is 12.4. The van der Waals surface area contributed by atoms with Crippen LogP contribution in [0.3, 0.4) is 0 Å². The van der Waals surface area contributed by atoms with Crippen LogP contribution in [0.25, 0.3) is 0 Å². The van der Waals surface area contributed by atoms with Crippen molar-refractivity contribution in [1.29, 1.82) is 0 Å². The Bertz CT molecular complexity index is 858. The average Bonchev–Trinajstić information content (AvgIpc) is 3.03. The number of hydrogen-bond donors (Lipinski definition) is 2. The van der Waals surface area contributed by atoms with E-state index in [4.69, 9.17) is 9.26 Å². The van der Waals surface area contributed by atoms with Crippen molar-refractivity contribution in [2.24, 2.45) is 0 Å². The first-order chi connectivity index (χ1) is 12.5. The lowest BCUT2D eigenvalue weighted by molar-refractivity contribution is -0.124. The summed E-state index contributed by atoms with van der Waals surface area (Å²) in [5, 5.41) is 8.99. The maximum Gasteiger partial charge on any atom is 0.338 e.